The zero-order valence-corrected chi connectivity index (χ0v) is 13.2. The van der Waals surface area contributed by atoms with Gasteiger partial charge in [-0.05, 0) is 40.2 Å². The van der Waals surface area contributed by atoms with Crippen LogP contribution in [-0.4, -0.2) is 23.4 Å². The summed E-state index contributed by atoms with van der Waals surface area (Å²) in [5.41, 5.74) is 0. The zero-order chi connectivity index (χ0) is 12.1. The van der Waals surface area contributed by atoms with Gasteiger partial charge in [0.2, 0.25) is 0 Å². The first-order valence-electron chi connectivity index (χ1n) is 6.33. The van der Waals surface area contributed by atoms with E-state index in [2.05, 4.69) is 32.3 Å². The molecule has 0 saturated heterocycles. The molecule has 1 aromatic rings. The Bertz CT molecular complexity index is 336. The number of hydrogen-bond donors (Lipinski definition) is 0. The van der Waals surface area contributed by atoms with Crippen molar-refractivity contribution in [2.75, 3.05) is 12.4 Å². The van der Waals surface area contributed by atoms with Crippen molar-refractivity contribution in [3.05, 3.63) is 20.8 Å². The molecule has 96 valence electrons. The van der Waals surface area contributed by atoms with Crippen LogP contribution in [0.2, 0.25) is 0 Å². The topological polar surface area (TPSA) is 3.24 Å². The highest BCUT2D eigenvalue weighted by atomic mass is 79.9. The van der Waals surface area contributed by atoms with Gasteiger partial charge in [-0.25, -0.2) is 0 Å². The van der Waals surface area contributed by atoms with E-state index in [0.29, 0.717) is 0 Å². The van der Waals surface area contributed by atoms with Crippen molar-refractivity contribution in [2.45, 2.75) is 44.7 Å². The van der Waals surface area contributed by atoms with Crippen molar-refractivity contribution < 1.29 is 0 Å². The highest BCUT2D eigenvalue weighted by molar-refractivity contribution is 9.10. The maximum absolute atomic E-state index is 5.95. The molecule has 0 bridgehead atoms. The van der Waals surface area contributed by atoms with Crippen LogP contribution in [0.5, 0.6) is 0 Å². The van der Waals surface area contributed by atoms with Gasteiger partial charge in [0.25, 0.3) is 0 Å². The van der Waals surface area contributed by atoms with E-state index in [9.17, 15) is 0 Å². The number of thiophene rings is 1. The molecule has 4 heteroatoms. The van der Waals surface area contributed by atoms with Gasteiger partial charge in [0.15, 0.2) is 0 Å². The Morgan fingerprint density at radius 2 is 2.12 bits per heavy atom. The monoisotopic (exact) mass is 335 g/mol. The maximum Gasteiger partial charge on any atom is 0.0351 e. The van der Waals surface area contributed by atoms with E-state index in [1.807, 2.05) is 11.3 Å². The molecule has 1 aliphatic rings. The van der Waals surface area contributed by atoms with Gasteiger partial charge in [-0.3, -0.25) is 4.90 Å². The van der Waals surface area contributed by atoms with Crippen LogP contribution in [0.1, 0.15) is 37.0 Å². The molecule has 0 atom stereocenters. The molecule has 1 aliphatic carbocycles. The van der Waals surface area contributed by atoms with Gasteiger partial charge in [0.1, 0.15) is 0 Å². The lowest BCUT2D eigenvalue weighted by Crippen LogP contribution is -2.37. The molecular formula is C13H19BrClNS. The van der Waals surface area contributed by atoms with E-state index in [-0.39, 0.29) is 0 Å². The summed E-state index contributed by atoms with van der Waals surface area (Å²) in [4.78, 5) is 4.00. The first kappa shape index (κ1) is 13.9. The molecule has 1 heterocycles. The highest BCUT2D eigenvalue weighted by Crippen LogP contribution is 2.28. The molecule has 0 N–H and O–H groups in total. The number of alkyl halides is 1. The molecule has 0 spiro atoms. The third-order valence-electron chi connectivity index (χ3n) is 3.50. The van der Waals surface area contributed by atoms with Crippen LogP contribution < -0.4 is 0 Å². The van der Waals surface area contributed by atoms with E-state index in [4.69, 9.17) is 11.6 Å². The van der Waals surface area contributed by atoms with Gasteiger partial charge in [-0.2, -0.15) is 0 Å². The Labute approximate surface area is 121 Å². The van der Waals surface area contributed by atoms with Gasteiger partial charge in [0.05, 0.1) is 0 Å². The number of rotatable bonds is 5. The molecule has 1 fully saturated rings. The fourth-order valence-electron chi connectivity index (χ4n) is 2.57. The van der Waals surface area contributed by atoms with Crippen molar-refractivity contribution in [1.82, 2.24) is 4.90 Å². The lowest BCUT2D eigenvalue weighted by Gasteiger charge is -2.33. The van der Waals surface area contributed by atoms with Crippen molar-refractivity contribution in [3.8, 4) is 0 Å². The summed E-state index contributed by atoms with van der Waals surface area (Å²) in [6, 6.07) is 2.89. The Morgan fingerprint density at radius 1 is 1.35 bits per heavy atom. The summed E-state index contributed by atoms with van der Waals surface area (Å²) in [5, 5.41) is 2.15. The molecule has 17 heavy (non-hydrogen) atoms. The zero-order valence-electron chi connectivity index (χ0n) is 10.0. The van der Waals surface area contributed by atoms with Crippen LogP contribution in [0.3, 0.4) is 0 Å². The number of nitrogens with zero attached hydrogens (tertiary/aromatic N) is 1. The maximum atomic E-state index is 5.95. The Balaban J connectivity index is 1.98. The molecule has 1 aromatic heterocycles. The molecule has 0 radical (unpaired) electrons. The smallest absolute Gasteiger partial charge is 0.0351 e. The summed E-state index contributed by atoms with van der Waals surface area (Å²) in [6.45, 7) is 2.06. The summed E-state index contributed by atoms with van der Waals surface area (Å²) in [6.07, 6.45) is 6.87. The van der Waals surface area contributed by atoms with E-state index in [0.717, 1.165) is 25.0 Å². The van der Waals surface area contributed by atoms with Crippen LogP contribution in [-0.2, 0) is 6.54 Å². The fourth-order valence-corrected chi connectivity index (χ4v) is 4.29. The lowest BCUT2D eigenvalue weighted by atomic mass is 9.94. The number of hydrogen-bond acceptors (Lipinski definition) is 2. The van der Waals surface area contributed by atoms with Gasteiger partial charge >= 0.3 is 0 Å². The predicted octanol–water partition coefficient (Wildman–Crippen LogP) is 4.88. The third-order valence-corrected chi connectivity index (χ3v) is 5.58. The minimum atomic E-state index is 0.736. The molecule has 1 nitrogen and oxygen atoms in total. The van der Waals surface area contributed by atoms with Gasteiger partial charge in [-0.15, -0.1) is 22.9 Å². The lowest BCUT2D eigenvalue weighted by molar-refractivity contribution is 0.158. The predicted molar refractivity (Wildman–Crippen MR) is 80.0 cm³/mol. The largest absolute Gasteiger partial charge is 0.294 e. The van der Waals surface area contributed by atoms with Crippen LogP contribution in [0.15, 0.2) is 15.9 Å². The third kappa shape index (κ3) is 3.95. The Hall–Kier alpha value is 0.430. The van der Waals surface area contributed by atoms with Crippen molar-refractivity contribution >= 4 is 38.9 Å². The Morgan fingerprint density at radius 3 is 2.71 bits per heavy atom. The molecular weight excluding hydrogens is 318 g/mol. The van der Waals surface area contributed by atoms with Crippen molar-refractivity contribution in [2.24, 2.45) is 0 Å². The molecule has 2 rings (SSSR count). The Kier molecular flexibility index (Phi) is 5.81. The van der Waals surface area contributed by atoms with Crippen LogP contribution in [0, 0.1) is 0 Å². The van der Waals surface area contributed by atoms with Crippen molar-refractivity contribution in [1.29, 1.82) is 0 Å². The second-order valence-corrected chi connectivity index (χ2v) is 6.88. The average Bonchev–Trinajstić information content (AvgIpc) is 2.76. The number of halogens is 2. The summed E-state index contributed by atoms with van der Waals surface area (Å²) < 4.78 is 1.25. The fraction of sp³-hybridized carbons (Fsp3) is 0.692. The summed E-state index contributed by atoms with van der Waals surface area (Å²) in [5.74, 6) is 0.736. The SMILES string of the molecule is ClCCN(Cc1sccc1Br)C1CCCCC1. The van der Waals surface area contributed by atoms with Crippen LogP contribution >= 0.6 is 38.9 Å². The van der Waals surface area contributed by atoms with Gasteiger partial charge < -0.3 is 0 Å². The summed E-state index contributed by atoms with van der Waals surface area (Å²) in [7, 11) is 0. The van der Waals surface area contributed by atoms with Crippen LogP contribution in [0.25, 0.3) is 0 Å². The van der Waals surface area contributed by atoms with E-state index in [1.54, 1.807) is 0 Å². The highest BCUT2D eigenvalue weighted by Gasteiger charge is 2.21. The van der Waals surface area contributed by atoms with E-state index < -0.39 is 0 Å². The summed E-state index contributed by atoms with van der Waals surface area (Å²) >= 11 is 11.4. The van der Waals surface area contributed by atoms with E-state index >= 15 is 0 Å². The van der Waals surface area contributed by atoms with Gasteiger partial charge in [0, 0.05) is 34.4 Å². The molecule has 0 unspecified atom stereocenters. The second kappa shape index (κ2) is 7.13. The normalized spacial score (nSPS) is 17.8. The van der Waals surface area contributed by atoms with Crippen molar-refractivity contribution in [3.63, 3.8) is 0 Å². The average molecular weight is 337 g/mol. The quantitative estimate of drug-likeness (QED) is 0.692. The second-order valence-electron chi connectivity index (χ2n) is 4.64. The van der Waals surface area contributed by atoms with Crippen LogP contribution in [0.4, 0.5) is 0 Å². The first-order valence-corrected chi connectivity index (χ1v) is 8.54. The minimum absolute atomic E-state index is 0.736. The molecule has 1 saturated carbocycles. The molecule has 0 amide bonds. The first-order chi connectivity index (χ1) is 8.31. The van der Waals surface area contributed by atoms with Gasteiger partial charge in [-0.1, -0.05) is 19.3 Å². The molecule has 0 aliphatic heterocycles. The molecule has 0 aromatic carbocycles. The standard InChI is InChI=1S/C13H19BrClNS/c14-12-6-9-17-13(12)10-16(8-7-15)11-4-2-1-3-5-11/h6,9,11H,1-5,7-8,10H2. The minimum Gasteiger partial charge on any atom is -0.294 e. The van der Waals surface area contributed by atoms with E-state index in [1.165, 1.54) is 41.5 Å².